The zero-order valence-corrected chi connectivity index (χ0v) is 14.7. The van der Waals surface area contributed by atoms with Gasteiger partial charge >= 0.3 is 0 Å². The molecular weight excluding hydrogens is 256 g/mol. The van der Waals surface area contributed by atoms with Crippen LogP contribution in [0.5, 0.6) is 0 Å². The fourth-order valence-corrected chi connectivity index (χ4v) is 3.64. The third kappa shape index (κ3) is 9.91. The molecule has 0 bridgehead atoms. The van der Waals surface area contributed by atoms with Crippen molar-refractivity contribution in [3.05, 3.63) is 6.57 Å². The number of rotatable bonds is 12. The zero-order chi connectivity index (χ0) is 15.8. The van der Waals surface area contributed by atoms with Crippen molar-refractivity contribution in [2.24, 2.45) is 0 Å². The van der Waals surface area contributed by atoms with Gasteiger partial charge in [0.05, 0.1) is 26.2 Å². The van der Waals surface area contributed by atoms with Crippen LogP contribution in [0.1, 0.15) is 90.9 Å². The van der Waals surface area contributed by atoms with E-state index in [4.69, 9.17) is 11.8 Å². The minimum absolute atomic E-state index is 1.37. The molecule has 0 aromatic rings. The second-order valence-corrected chi connectivity index (χ2v) is 6.72. The highest BCUT2D eigenvalue weighted by Crippen LogP contribution is 2.20. The van der Waals surface area contributed by atoms with Gasteiger partial charge in [-0.3, -0.25) is 0 Å². The van der Waals surface area contributed by atoms with Crippen LogP contribution in [0.25, 0.3) is 0 Å². The van der Waals surface area contributed by atoms with Crippen LogP contribution in [0.4, 0.5) is 0 Å². The first-order chi connectivity index (χ1) is 10.3. The Morgan fingerprint density at radius 3 is 1.57 bits per heavy atom. The van der Waals surface area contributed by atoms with Gasteiger partial charge in [0.25, 0.3) is 0 Å². The molecule has 0 atom stereocenters. The fourth-order valence-electron chi connectivity index (χ4n) is 3.64. The summed E-state index contributed by atoms with van der Waals surface area (Å²) in [5, 5.41) is 6.25. The Kier molecular flexibility index (Phi) is 14.0. The number of quaternary nitrogens is 1. The van der Waals surface area contributed by atoms with E-state index in [0.717, 1.165) is 0 Å². The van der Waals surface area contributed by atoms with Crippen molar-refractivity contribution >= 4 is 0 Å². The minimum atomic E-state index is 1.37. The van der Waals surface area contributed by atoms with E-state index in [1.54, 1.807) is 0 Å². The quantitative estimate of drug-likeness (QED) is 0.260. The van der Waals surface area contributed by atoms with E-state index in [-0.39, 0.29) is 0 Å². The Labute approximate surface area is 134 Å². The topological polar surface area (TPSA) is 23.8 Å². The molecular formula is C19H38N2. The molecule has 0 aliphatic carbocycles. The molecule has 1 rings (SSSR count). The summed E-state index contributed by atoms with van der Waals surface area (Å²) in [6, 6.07) is 0. The lowest BCUT2D eigenvalue weighted by molar-refractivity contribution is -0.915. The molecule has 1 fully saturated rings. The van der Waals surface area contributed by atoms with Crippen LogP contribution in [-0.4, -0.2) is 30.7 Å². The fraction of sp³-hybridized carbons (Fsp3) is 0.947. The molecule has 0 aromatic heterocycles. The molecule has 0 saturated carbocycles. The highest BCUT2D eigenvalue weighted by atomic mass is 15.4. The third-order valence-electron chi connectivity index (χ3n) is 5.17. The molecule has 0 spiro atoms. The van der Waals surface area contributed by atoms with Gasteiger partial charge in [-0.2, -0.15) is 0 Å². The molecule has 124 valence electrons. The Morgan fingerprint density at radius 1 is 0.714 bits per heavy atom. The summed E-state index contributed by atoms with van der Waals surface area (Å²) >= 11 is 0. The van der Waals surface area contributed by atoms with Crippen LogP contribution in [0, 0.1) is 11.8 Å². The molecule has 0 amide bonds. The number of hydrogen-bond donors (Lipinski definition) is 0. The summed E-state index contributed by atoms with van der Waals surface area (Å²) in [5.74, 6) is 0. The minimum Gasteiger partial charge on any atom is -0.512 e. The summed E-state index contributed by atoms with van der Waals surface area (Å²) in [5.41, 5.74) is 0. The van der Waals surface area contributed by atoms with E-state index in [1.165, 1.54) is 108 Å². The maximum absolute atomic E-state index is 6.25. The summed E-state index contributed by atoms with van der Waals surface area (Å²) < 4.78 is 1.44. The lowest BCUT2D eigenvalue weighted by Crippen LogP contribution is -2.45. The molecule has 1 saturated heterocycles. The number of unbranched alkanes of at least 4 members (excludes halogenated alkanes) is 9. The number of hydrogen-bond acceptors (Lipinski definition) is 1. The molecule has 0 radical (unpaired) electrons. The van der Waals surface area contributed by atoms with Crippen molar-refractivity contribution in [1.82, 2.24) is 0 Å². The Bertz CT molecular complexity index is 229. The SMILES string of the molecule is CCCCCCCCCCCC[N+]1(CC)CCCC1.[C-]#N. The van der Waals surface area contributed by atoms with E-state index in [0.29, 0.717) is 0 Å². The van der Waals surface area contributed by atoms with E-state index >= 15 is 0 Å². The van der Waals surface area contributed by atoms with Gasteiger partial charge in [-0.1, -0.05) is 58.3 Å². The maximum atomic E-state index is 6.25. The predicted molar refractivity (Wildman–Crippen MR) is 91.4 cm³/mol. The van der Waals surface area contributed by atoms with Crippen molar-refractivity contribution in [3.8, 4) is 0 Å². The van der Waals surface area contributed by atoms with Gasteiger partial charge < -0.3 is 16.3 Å². The molecule has 1 aliphatic rings. The summed E-state index contributed by atoms with van der Waals surface area (Å²) in [7, 11) is 0. The van der Waals surface area contributed by atoms with Crippen molar-refractivity contribution in [3.63, 3.8) is 0 Å². The second kappa shape index (κ2) is 14.4. The Balaban J connectivity index is 0.00000191. The monoisotopic (exact) mass is 294 g/mol. The molecule has 0 unspecified atom stereocenters. The first kappa shape index (κ1) is 20.5. The lowest BCUT2D eigenvalue weighted by Gasteiger charge is -2.33. The average molecular weight is 295 g/mol. The summed E-state index contributed by atoms with van der Waals surface area (Å²) in [6.07, 6.45) is 17.6. The molecule has 0 N–H and O–H groups in total. The van der Waals surface area contributed by atoms with Crippen LogP contribution in [0.2, 0.25) is 0 Å². The molecule has 21 heavy (non-hydrogen) atoms. The molecule has 0 aromatic carbocycles. The van der Waals surface area contributed by atoms with E-state index in [2.05, 4.69) is 13.8 Å². The third-order valence-corrected chi connectivity index (χ3v) is 5.17. The zero-order valence-electron chi connectivity index (χ0n) is 14.7. The summed E-state index contributed by atoms with van der Waals surface area (Å²) in [4.78, 5) is 0. The first-order valence-electron chi connectivity index (χ1n) is 9.40. The maximum Gasteiger partial charge on any atom is 0.0788 e. The standard InChI is InChI=1S/C18H38N.CN/c1-3-5-6-7-8-9-10-11-12-13-16-19(4-2)17-14-15-18-19;1-2/h3-18H2,1-2H3;/q+1;-1. The van der Waals surface area contributed by atoms with Gasteiger partial charge in [-0.25, -0.2) is 0 Å². The molecule has 1 heterocycles. The number of likely N-dealkylation sites (tertiary alicyclic amines) is 1. The highest BCUT2D eigenvalue weighted by Gasteiger charge is 2.28. The van der Waals surface area contributed by atoms with Crippen molar-refractivity contribution in [2.45, 2.75) is 90.9 Å². The Morgan fingerprint density at radius 2 is 1.14 bits per heavy atom. The van der Waals surface area contributed by atoms with E-state index < -0.39 is 0 Å². The van der Waals surface area contributed by atoms with Gasteiger partial charge in [0.15, 0.2) is 0 Å². The lowest BCUT2D eigenvalue weighted by atomic mass is 10.1. The van der Waals surface area contributed by atoms with Gasteiger partial charge in [0, 0.05) is 12.8 Å². The normalized spacial score (nSPS) is 16.4. The largest absolute Gasteiger partial charge is 0.512 e. The summed E-state index contributed by atoms with van der Waals surface area (Å²) in [6.45, 7) is 15.2. The van der Waals surface area contributed by atoms with Crippen molar-refractivity contribution in [1.29, 1.82) is 5.26 Å². The first-order valence-corrected chi connectivity index (χ1v) is 9.40. The van der Waals surface area contributed by atoms with Gasteiger partial charge in [0.1, 0.15) is 0 Å². The van der Waals surface area contributed by atoms with E-state index in [9.17, 15) is 0 Å². The van der Waals surface area contributed by atoms with Crippen LogP contribution in [0.15, 0.2) is 0 Å². The van der Waals surface area contributed by atoms with Gasteiger partial charge in [0.2, 0.25) is 0 Å². The van der Waals surface area contributed by atoms with Crippen molar-refractivity contribution in [2.75, 3.05) is 26.2 Å². The van der Waals surface area contributed by atoms with Crippen LogP contribution in [-0.2, 0) is 0 Å². The van der Waals surface area contributed by atoms with Gasteiger partial charge in [-0.15, -0.1) is 0 Å². The van der Waals surface area contributed by atoms with Crippen molar-refractivity contribution < 1.29 is 4.48 Å². The van der Waals surface area contributed by atoms with Crippen LogP contribution in [0.3, 0.4) is 0 Å². The predicted octanol–water partition coefficient (Wildman–Crippen LogP) is 5.63. The molecule has 2 nitrogen and oxygen atoms in total. The van der Waals surface area contributed by atoms with Crippen LogP contribution < -0.4 is 0 Å². The molecule has 1 aliphatic heterocycles. The second-order valence-electron chi connectivity index (χ2n) is 6.72. The average Bonchev–Trinajstić information content (AvgIpc) is 3.00. The van der Waals surface area contributed by atoms with Crippen LogP contribution >= 0.6 is 0 Å². The van der Waals surface area contributed by atoms with E-state index in [1.807, 2.05) is 0 Å². The highest BCUT2D eigenvalue weighted by molar-refractivity contribution is 4.55. The Hall–Kier alpha value is -0.550. The number of nitrogens with zero attached hydrogens (tertiary/aromatic N) is 2. The molecule has 2 heteroatoms. The smallest absolute Gasteiger partial charge is 0.0788 e. The van der Waals surface area contributed by atoms with Gasteiger partial charge in [-0.05, 0) is 19.8 Å².